The van der Waals surface area contributed by atoms with Gasteiger partial charge in [0.25, 0.3) is 0 Å². The molecule has 2 saturated heterocycles. The second-order valence-corrected chi connectivity index (χ2v) is 8.73. The predicted molar refractivity (Wildman–Crippen MR) is 125 cm³/mol. The van der Waals surface area contributed by atoms with Crippen LogP contribution in [0.2, 0.25) is 0 Å². The maximum absolute atomic E-state index is 13.5. The molecule has 2 fully saturated rings. The zero-order valence-electron chi connectivity index (χ0n) is 19.4. The molecule has 0 radical (unpaired) electrons. The van der Waals surface area contributed by atoms with Crippen molar-refractivity contribution in [3.05, 3.63) is 60.2 Å². The minimum absolute atomic E-state index is 0.114. The van der Waals surface area contributed by atoms with Gasteiger partial charge in [-0.1, -0.05) is 30.4 Å². The minimum Gasteiger partial charge on any atom is -0.495 e. The number of carbonyl (C=O) groups is 2. The van der Waals surface area contributed by atoms with Gasteiger partial charge >= 0.3 is 0 Å². The maximum atomic E-state index is 13.5. The Morgan fingerprint density at radius 1 is 1.09 bits per heavy atom. The third-order valence-corrected chi connectivity index (χ3v) is 6.94. The highest BCUT2D eigenvalue weighted by Crippen LogP contribution is 2.53. The van der Waals surface area contributed by atoms with Gasteiger partial charge in [-0.25, -0.2) is 0 Å². The first-order valence-corrected chi connectivity index (χ1v) is 11.3. The van der Waals surface area contributed by atoms with Crippen molar-refractivity contribution in [2.45, 2.75) is 18.1 Å². The molecule has 1 N–H and O–H groups in total. The van der Waals surface area contributed by atoms with Crippen LogP contribution in [-0.2, 0) is 20.7 Å². The van der Waals surface area contributed by atoms with E-state index >= 15 is 0 Å². The van der Waals surface area contributed by atoms with Crippen molar-refractivity contribution >= 4 is 17.5 Å². The van der Waals surface area contributed by atoms with Crippen LogP contribution in [0.5, 0.6) is 17.2 Å². The number of methoxy groups -OCH3 is 3. The molecule has 8 heteroatoms. The Balaban J connectivity index is 1.29. The zero-order valence-corrected chi connectivity index (χ0v) is 19.4. The first-order valence-electron chi connectivity index (χ1n) is 11.3. The molecule has 3 unspecified atom stereocenters. The third-order valence-electron chi connectivity index (χ3n) is 6.94. The number of hydrogen-bond donors (Lipinski definition) is 1. The first kappa shape index (κ1) is 22.3. The summed E-state index contributed by atoms with van der Waals surface area (Å²) in [7, 11) is 4.76. The number of benzene rings is 2. The molecule has 3 heterocycles. The van der Waals surface area contributed by atoms with Gasteiger partial charge in [0.1, 0.15) is 11.4 Å². The lowest BCUT2D eigenvalue weighted by molar-refractivity contribution is -0.131. The molecular formula is C26H28N2O6. The van der Waals surface area contributed by atoms with Crippen LogP contribution in [0.15, 0.2) is 54.6 Å². The zero-order chi connectivity index (χ0) is 23.9. The smallest absolute Gasteiger partial charge is 0.234 e. The minimum atomic E-state index is -0.784. The Kier molecular flexibility index (Phi) is 5.69. The number of nitrogens with zero attached hydrogens (tertiary/aromatic N) is 1. The molecule has 3 aliphatic rings. The predicted octanol–water partition coefficient (Wildman–Crippen LogP) is 2.36. The maximum Gasteiger partial charge on any atom is 0.234 e. The summed E-state index contributed by atoms with van der Waals surface area (Å²) in [6, 6.07) is 13.1. The van der Waals surface area contributed by atoms with Crippen LogP contribution in [0.1, 0.15) is 5.56 Å². The lowest BCUT2D eigenvalue weighted by Crippen LogP contribution is -2.44. The van der Waals surface area contributed by atoms with Gasteiger partial charge in [0, 0.05) is 6.54 Å². The summed E-state index contributed by atoms with van der Waals surface area (Å²) < 4.78 is 22.3. The molecule has 0 aromatic heterocycles. The van der Waals surface area contributed by atoms with Crippen LogP contribution in [0, 0.1) is 11.8 Å². The lowest BCUT2D eigenvalue weighted by Gasteiger charge is -2.23. The summed E-state index contributed by atoms with van der Waals surface area (Å²) in [5, 5.41) is 3.01. The monoisotopic (exact) mass is 464 g/mol. The normalized spacial score (nSPS) is 26.5. The van der Waals surface area contributed by atoms with Gasteiger partial charge in [-0.15, -0.1) is 0 Å². The Morgan fingerprint density at radius 2 is 1.85 bits per heavy atom. The van der Waals surface area contributed by atoms with Crippen molar-refractivity contribution in [2.24, 2.45) is 11.8 Å². The summed E-state index contributed by atoms with van der Waals surface area (Å²) >= 11 is 0. The van der Waals surface area contributed by atoms with Crippen molar-refractivity contribution in [1.82, 2.24) is 5.32 Å². The average Bonchev–Trinajstić information content (AvgIpc) is 3.51. The van der Waals surface area contributed by atoms with E-state index in [-0.39, 0.29) is 11.8 Å². The number of nitrogens with one attached hydrogen (secondary N) is 1. The Morgan fingerprint density at radius 3 is 2.62 bits per heavy atom. The van der Waals surface area contributed by atoms with Crippen LogP contribution >= 0.6 is 0 Å². The second kappa shape index (κ2) is 8.68. The molecular weight excluding hydrogens is 436 g/mol. The molecule has 5 rings (SSSR count). The van der Waals surface area contributed by atoms with E-state index in [0.29, 0.717) is 42.4 Å². The summed E-state index contributed by atoms with van der Waals surface area (Å²) in [5.41, 5.74) is 0.915. The molecule has 34 heavy (non-hydrogen) atoms. The lowest BCUT2D eigenvalue weighted by atomic mass is 9.77. The van der Waals surface area contributed by atoms with E-state index in [1.807, 2.05) is 54.6 Å². The van der Waals surface area contributed by atoms with Crippen molar-refractivity contribution in [3.63, 3.8) is 0 Å². The van der Waals surface area contributed by atoms with Gasteiger partial charge < -0.3 is 29.2 Å². The van der Waals surface area contributed by atoms with E-state index in [9.17, 15) is 9.59 Å². The molecule has 2 amide bonds. The highest BCUT2D eigenvalue weighted by Gasteiger charge is 2.67. The van der Waals surface area contributed by atoms with Gasteiger partial charge in [-0.2, -0.15) is 0 Å². The Bertz CT molecular complexity index is 1150. The van der Waals surface area contributed by atoms with E-state index in [0.717, 1.165) is 5.56 Å². The second-order valence-electron chi connectivity index (χ2n) is 8.73. The molecule has 4 atom stereocenters. The van der Waals surface area contributed by atoms with E-state index in [4.69, 9.17) is 18.9 Å². The molecule has 1 spiro atoms. The summed E-state index contributed by atoms with van der Waals surface area (Å²) in [5.74, 6) is 0.504. The summed E-state index contributed by atoms with van der Waals surface area (Å²) in [6.07, 6.45) is 4.09. The number of rotatable bonds is 8. The van der Waals surface area contributed by atoms with Crippen molar-refractivity contribution in [2.75, 3.05) is 39.3 Å². The molecule has 3 aliphatic heterocycles. The van der Waals surface area contributed by atoms with Crippen LogP contribution in [-0.4, -0.2) is 57.9 Å². The van der Waals surface area contributed by atoms with E-state index in [2.05, 4.69) is 5.32 Å². The number of fused-ring (bicyclic) bond motifs is 1. The largest absolute Gasteiger partial charge is 0.495 e. The average molecular weight is 465 g/mol. The van der Waals surface area contributed by atoms with Crippen LogP contribution in [0.25, 0.3) is 0 Å². The van der Waals surface area contributed by atoms with Crippen molar-refractivity contribution in [1.29, 1.82) is 0 Å². The van der Waals surface area contributed by atoms with E-state index in [1.54, 1.807) is 26.2 Å². The SMILES string of the molecule is COc1ccc(CCNC(=O)C2C3C=C[C@@]4(CN(c5ccccc5OC)C(=O)C24)O3)cc1OC. The highest BCUT2D eigenvalue weighted by molar-refractivity contribution is 6.04. The third kappa shape index (κ3) is 3.49. The van der Waals surface area contributed by atoms with Crippen LogP contribution in [0.4, 0.5) is 5.69 Å². The molecule has 2 aromatic carbocycles. The topological polar surface area (TPSA) is 86.3 Å². The summed E-state index contributed by atoms with van der Waals surface area (Å²) in [4.78, 5) is 28.4. The fourth-order valence-electron chi connectivity index (χ4n) is 5.34. The molecule has 0 aliphatic carbocycles. The first-order chi connectivity index (χ1) is 16.5. The number of hydrogen-bond acceptors (Lipinski definition) is 6. The van der Waals surface area contributed by atoms with Crippen LogP contribution in [0.3, 0.4) is 0 Å². The quantitative estimate of drug-likeness (QED) is 0.604. The van der Waals surface area contributed by atoms with Gasteiger partial charge in [0.2, 0.25) is 11.8 Å². The molecule has 0 saturated carbocycles. The number of para-hydroxylation sites is 2. The Labute approximate surface area is 198 Å². The van der Waals surface area contributed by atoms with Gasteiger partial charge in [-0.05, 0) is 36.2 Å². The molecule has 2 bridgehead atoms. The highest BCUT2D eigenvalue weighted by atomic mass is 16.5. The van der Waals surface area contributed by atoms with E-state index in [1.165, 1.54) is 0 Å². The number of carbonyl (C=O) groups excluding carboxylic acids is 2. The number of ether oxygens (including phenoxy) is 4. The van der Waals surface area contributed by atoms with Gasteiger partial charge in [0.05, 0.1) is 51.5 Å². The fourth-order valence-corrected chi connectivity index (χ4v) is 5.34. The van der Waals surface area contributed by atoms with Gasteiger partial charge in [-0.3, -0.25) is 9.59 Å². The summed E-state index contributed by atoms with van der Waals surface area (Å²) in [6.45, 7) is 0.796. The Hall–Kier alpha value is -3.52. The standard InChI is InChI=1S/C26H28N2O6/c1-31-18-7-5-4-6-17(18)28-15-26-12-10-20(34-26)22(23(26)25(28)30)24(29)27-13-11-16-8-9-19(32-2)21(14-16)33-3/h4-10,12,14,20,22-23H,11,13,15H2,1-3H3,(H,27,29)/t20?,22?,23?,26-/m0/s1. The van der Waals surface area contributed by atoms with Gasteiger partial charge in [0.15, 0.2) is 11.5 Å². The molecule has 2 aromatic rings. The van der Waals surface area contributed by atoms with E-state index < -0.39 is 23.5 Å². The van der Waals surface area contributed by atoms with Crippen LogP contribution < -0.4 is 24.4 Å². The number of anilines is 1. The van der Waals surface area contributed by atoms with Crippen molar-refractivity contribution in [3.8, 4) is 17.2 Å². The molecule has 8 nitrogen and oxygen atoms in total. The fraction of sp³-hybridized carbons (Fsp3) is 0.385. The molecule has 178 valence electrons. The number of amides is 2. The van der Waals surface area contributed by atoms with Crippen molar-refractivity contribution < 1.29 is 28.5 Å².